The van der Waals surface area contributed by atoms with E-state index in [1.807, 2.05) is 6.92 Å². The molecule has 0 spiro atoms. The Balaban J connectivity index is 1.42. The number of rotatable bonds is 5. The van der Waals surface area contributed by atoms with Crippen molar-refractivity contribution in [3.8, 4) is 0 Å². The topological polar surface area (TPSA) is 84.2 Å². The van der Waals surface area contributed by atoms with Gasteiger partial charge in [0.25, 0.3) is 5.71 Å². The van der Waals surface area contributed by atoms with Gasteiger partial charge < -0.3 is 14.7 Å². The van der Waals surface area contributed by atoms with Gasteiger partial charge in [0.15, 0.2) is 0 Å². The second kappa shape index (κ2) is 7.96. The summed E-state index contributed by atoms with van der Waals surface area (Å²) in [6.07, 6.45) is 4.34. The summed E-state index contributed by atoms with van der Waals surface area (Å²) in [6, 6.07) is 8.40. The highest BCUT2D eigenvalue weighted by molar-refractivity contribution is 5.88. The summed E-state index contributed by atoms with van der Waals surface area (Å²) < 4.78 is 5.25. The third kappa shape index (κ3) is 3.69. The SMILES string of the molecule is CCc1ccc(CNC(=O)[C@H]2CCCN(c3ncnc4onc(C)c34)C2)cc1. The molecule has 3 heterocycles. The fraction of sp³-hybridized carbons (Fsp3) is 0.429. The van der Waals surface area contributed by atoms with Crippen molar-refractivity contribution in [2.24, 2.45) is 5.92 Å². The Morgan fingerprint density at radius 1 is 1.25 bits per heavy atom. The van der Waals surface area contributed by atoms with Crippen molar-refractivity contribution in [3.05, 3.63) is 47.4 Å². The molecule has 0 saturated carbocycles. The standard InChI is InChI=1S/C21H25N5O2/c1-3-15-6-8-16(9-7-15)11-22-20(27)17-5-4-10-26(12-17)19-18-14(2)25-28-21(18)24-13-23-19/h6-9,13,17H,3-5,10-12H2,1-2H3,(H,22,27)/t17-/m0/s1. The maximum Gasteiger partial charge on any atom is 0.263 e. The second-order valence-electron chi connectivity index (χ2n) is 7.32. The number of anilines is 1. The van der Waals surface area contributed by atoms with E-state index in [1.165, 1.54) is 11.9 Å². The zero-order chi connectivity index (χ0) is 19.5. The van der Waals surface area contributed by atoms with Crippen LogP contribution in [0.1, 0.15) is 36.6 Å². The van der Waals surface area contributed by atoms with E-state index in [0.29, 0.717) is 18.8 Å². The molecule has 3 aromatic rings. The highest BCUT2D eigenvalue weighted by atomic mass is 16.5. The number of fused-ring (bicyclic) bond motifs is 1. The van der Waals surface area contributed by atoms with Crippen LogP contribution < -0.4 is 10.2 Å². The fourth-order valence-corrected chi connectivity index (χ4v) is 3.75. The number of aromatic nitrogens is 3. The van der Waals surface area contributed by atoms with Crippen LogP contribution in [0.15, 0.2) is 35.1 Å². The first-order valence-electron chi connectivity index (χ1n) is 9.83. The number of benzene rings is 1. The first-order chi connectivity index (χ1) is 13.7. The van der Waals surface area contributed by atoms with Gasteiger partial charge in [-0.15, -0.1) is 0 Å². The minimum Gasteiger partial charge on any atom is -0.355 e. The lowest BCUT2D eigenvalue weighted by atomic mass is 9.96. The molecule has 146 valence electrons. The van der Waals surface area contributed by atoms with Gasteiger partial charge in [-0.2, -0.15) is 4.98 Å². The van der Waals surface area contributed by atoms with Gasteiger partial charge >= 0.3 is 0 Å². The van der Waals surface area contributed by atoms with Crippen LogP contribution in [-0.2, 0) is 17.8 Å². The molecule has 1 amide bonds. The lowest BCUT2D eigenvalue weighted by Crippen LogP contribution is -2.43. The average molecular weight is 379 g/mol. The molecule has 0 radical (unpaired) electrons. The zero-order valence-electron chi connectivity index (χ0n) is 16.3. The van der Waals surface area contributed by atoms with Crippen molar-refractivity contribution < 1.29 is 9.32 Å². The molecule has 1 aromatic carbocycles. The molecule has 28 heavy (non-hydrogen) atoms. The van der Waals surface area contributed by atoms with E-state index >= 15 is 0 Å². The highest BCUT2D eigenvalue weighted by Gasteiger charge is 2.28. The van der Waals surface area contributed by atoms with Crippen molar-refractivity contribution in [1.29, 1.82) is 0 Å². The van der Waals surface area contributed by atoms with E-state index in [9.17, 15) is 4.79 Å². The normalized spacial score (nSPS) is 17.1. The molecule has 0 aliphatic carbocycles. The highest BCUT2D eigenvalue weighted by Crippen LogP contribution is 2.29. The Morgan fingerprint density at radius 3 is 2.82 bits per heavy atom. The number of piperidine rings is 1. The quantitative estimate of drug-likeness (QED) is 0.734. The predicted octanol–water partition coefficient (Wildman–Crippen LogP) is 3.02. The van der Waals surface area contributed by atoms with Crippen molar-refractivity contribution in [2.45, 2.75) is 39.7 Å². The molecule has 1 N–H and O–H groups in total. The number of amides is 1. The molecule has 1 atom stereocenters. The minimum absolute atomic E-state index is 0.0613. The molecule has 1 saturated heterocycles. The Hall–Kier alpha value is -2.96. The maximum absolute atomic E-state index is 12.8. The summed E-state index contributed by atoms with van der Waals surface area (Å²) in [5, 5.41) is 7.92. The van der Waals surface area contributed by atoms with Gasteiger partial charge in [0, 0.05) is 19.6 Å². The molecule has 7 heteroatoms. The van der Waals surface area contributed by atoms with Crippen molar-refractivity contribution in [3.63, 3.8) is 0 Å². The Kier molecular flexibility index (Phi) is 5.23. The smallest absolute Gasteiger partial charge is 0.263 e. The number of hydrogen-bond acceptors (Lipinski definition) is 6. The van der Waals surface area contributed by atoms with E-state index in [1.54, 1.807) is 0 Å². The Bertz CT molecular complexity index is 967. The zero-order valence-corrected chi connectivity index (χ0v) is 16.3. The molecule has 0 bridgehead atoms. The largest absolute Gasteiger partial charge is 0.355 e. The molecule has 2 aromatic heterocycles. The second-order valence-corrected chi connectivity index (χ2v) is 7.32. The first-order valence-corrected chi connectivity index (χ1v) is 9.83. The van der Waals surface area contributed by atoms with Crippen LogP contribution in [0, 0.1) is 12.8 Å². The molecule has 1 aliphatic heterocycles. The number of nitrogens with zero attached hydrogens (tertiary/aromatic N) is 4. The lowest BCUT2D eigenvalue weighted by Gasteiger charge is -2.33. The van der Waals surface area contributed by atoms with Crippen LogP contribution in [0.5, 0.6) is 0 Å². The maximum atomic E-state index is 12.8. The van der Waals surface area contributed by atoms with E-state index in [-0.39, 0.29) is 11.8 Å². The number of nitrogens with one attached hydrogen (secondary N) is 1. The van der Waals surface area contributed by atoms with Gasteiger partial charge in [0.2, 0.25) is 5.91 Å². The number of aryl methyl sites for hydroxylation is 2. The summed E-state index contributed by atoms with van der Waals surface area (Å²) in [7, 11) is 0. The van der Waals surface area contributed by atoms with Crippen LogP contribution in [0.25, 0.3) is 11.1 Å². The third-order valence-electron chi connectivity index (χ3n) is 5.41. The van der Waals surface area contributed by atoms with Gasteiger partial charge in [-0.25, -0.2) is 4.98 Å². The molecule has 7 nitrogen and oxygen atoms in total. The Labute approximate surface area is 164 Å². The van der Waals surface area contributed by atoms with Gasteiger partial charge in [0.05, 0.1) is 11.6 Å². The lowest BCUT2D eigenvalue weighted by molar-refractivity contribution is -0.125. The molecule has 0 unspecified atom stereocenters. The molecule has 1 aliphatic rings. The van der Waals surface area contributed by atoms with Crippen molar-refractivity contribution in [2.75, 3.05) is 18.0 Å². The predicted molar refractivity (Wildman–Crippen MR) is 107 cm³/mol. The number of carbonyl (C=O) groups excluding carboxylic acids is 1. The summed E-state index contributed by atoms with van der Waals surface area (Å²) in [4.78, 5) is 23.5. The van der Waals surface area contributed by atoms with E-state index in [2.05, 4.69) is 56.5 Å². The van der Waals surface area contributed by atoms with Crippen molar-refractivity contribution in [1.82, 2.24) is 20.4 Å². The fourth-order valence-electron chi connectivity index (χ4n) is 3.75. The summed E-state index contributed by atoms with van der Waals surface area (Å²) >= 11 is 0. The van der Waals surface area contributed by atoms with Crippen LogP contribution >= 0.6 is 0 Å². The summed E-state index contributed by atoms with van der Waals surface area (Å²) in [6.45, 7) is 6.08. The van der Waals surface area contributed by atoms with Crippen molar-refractivity contribution >= 4 is 22.8 Å². The third-order valence-corrected chi connectivity index (χ3v) is 5.41. The monoisotopic (exact) mass is 379 g/mol. The van der Waals surface area contributed by atoms with Crippen LogP contribution in [-0.4, -0.2) is 34.1 Å². The van der Waals surface area contributed by atoms with E-state index in [0.717, 1.165) is 48.3 Å². The van der Waals surface area contributed by atoms with Crippen LogP contribution in [0.2, 0.25) is 0 Å². The Morgan fingerprint density at radius 2 is 2.04 bits per heavy atom. The molecular formula is C21H25N5O2. The molecule has 1 fully saturated rings. The summed E-state index contributed by atoms with van der Waals surface area (Å²) in [5.41, 5.74) is 3.69. The molecule has 4 rings (SSSR count). The van der Waals surface area contributed by atoms with Gasteiger partial charge in [0.1, 0.15) is 17.5 Å². The minimum atomic E-state index is -0.0613. The average Bonchev–Trinajstić information content (AvgIpc) is 3.13. The van der Waals surface area contributed by atoms with Crippen LogP contribution in [0.3, 0.4) is 0 Å². The van der Waals surface area contributed by atoms with E-state index < -0.39 is 0 Å². The molecular weight excluding hydrogens is 354 g/mol. The van der Waals surface area contributed by atoms with Crippen LogP contribution in [0.4, 0.5) is 5.82 Å². The van der Waals surface area contributed by atoms with Gasteiger partial charge in [-0.3, -0.25) is 4.79 Å². The first kappa shape index (κ1) is 18.4. The van der Waals surface area contributed by atoms with Gasteiger partial charge in [-0.1, -0.05) is 36.3 Å². The number of hydrogen-bond donors (Lipinski definition) is 1. The summed E-state index contributed by atoms with van der Waals surface area (Å²) in [5.74, 6) is 0.835. The van der Waals surface area contributed by atoms with Gasteiger partial charge in [-0.05, 0) is 37.3 Å². The van der Waals surface area contributed by atoms with E-state index in [4.69, 9.17) is 4.52 Å². The number of carbonyl (C=O) groups is 1.